The van der Waals surface area contributed by atoms with Crippen LogP contribution < -0.4 is 0 Å². The lowest BCUT2D eigenvalue weighted by atomic mass is 10.2. The summed E-state index contributed by atoms with van der Waals surface area (Å²) < 4.78 is 15.0. The zero-order valence-electron chi connectivity index (χ0n) is 11.0. The standard InChI is InChI=1S/C17H11FN2S/c18-14-6-3-12(4-7-14)15-11-20-10-13(5-8-17(20)19-15)16-2-1-9-21-16/h1-11H. The molecule has 21 heavy (non-hydrogen) atoms. The molecule has 0 spiro atoms. The normalized spacial score (nSPS) is 11.1. The number of halogens is 1. The molecule has 4 rings (SSSR count). The zero-order chi connectivity index (χ0) is 14.2. The van der Waals surface area contributed by atoms with E-state index in [9.17, 15) is 4.39 Å². The second-order valence-electron chi connectivity index (χ2n) is 4.79. The molecule has 0 saturated heterocycles. The van der Waals surface area contributed by atoms with Crippen molar-refractivity contribution in [2.45, 2.75) is 0 Å². The van der Waals surface area contributed by atoms with Gasteiger partial charge in [-0.05, 0) is 47.8 Å². The van der Waals surface area contributed by atoms with Crippen LogP contribution in [0.3, 0.4) is 0 Å². The third kappa shape index (κ3) is 2.23. The molecule has 0 aliphatic heterocycles. The molecule has 4 aromatic rings. The quantitative estimate of drug-likeness (QED) is 0.515. The summed E-state index contributed by atoms with van der Waals surface area (Å²) in [7, 11) is 0. The van der Waals surface area contributed by atoms with Crippen molar-refractivity contribution in [3.05, 3.63) is 72.1 Å². The summed E-state index contributed by atoms with van der Waals surface area (Å²) in [5.74, 6) is -0.234. The Bertz CT molecular complexity index is 892. The third-order valence-corrected chi connectivity index (χ3v) is 4.32. The van der Waals surface area contributed by atoms with Crippen molar-refractivity contribution in [3.8, 4) is 21.7 Å². The summed E-state index contributed by atoms with van der Waals surface area (Å²) >= 11 is 1.71. The lowest BCUT2D eigenvalue weighted by molar-refractivity contribution is 0.628. The Balaban J connectivity index is 1.81. The average Bonchev–Trinajstić information content (AvgIpc) is 3.16. The fraction of sp³-hybridized carbons (Fsp3) is 0. The monoisotopic (exact) mass is 294 g/mol. The van der Waals surface area contributed by atoms with Crippen molar-refractivity contribution in [1.82, 2.24) is 9.38 Å². The highest BCUT2D eigenvalue weighted by atomic mass is 32.1. The van der Waals surface area contributed by atoms with Gasteiger partial charge in [0.15, 0.2) is 0 Å². The first-order chi connectivity index (χ1) is 10.3. The molecule has 3 aromatic heterocycles. The van der Waals surface area contributed by atoms with Gasteiger partial charge in [0.25, 0.3) is 0 Å². The van der Waals surface area contributed by atoms with Gasteiger partial charge in [-0.1, -0.05) is 6.07 Å². The van der Waals surface area contributed by atoms with Gasteiger partial charge in [0, 0.05) is 28.4 Å². The zero-order valence-corrected chi connectivity index (χ0v) is 11.8. The van der Waals surface area contributed by atoms with Gasteiger partial charge in [-0.25, -0.2) is 9.37 Å². The molecular weight excluding hydrogens is 283 g/mol. The molecule has 0 unspecified atom stereocenters. The molecule has 0 aliphatic rings. The van der Waals surface area contributed by atoms with Gasteiger partial charge in [0.05, 0.1) is 5.69 Å². The van der Waals surface area contributed by atoms with Gasteiger partial charge in [-0.2, -0.15) is 0 Å². The van der Waals surface area contributed by atoms with E-state index in [0.717, 1.165) is 16.9 Å². The van der Waals surface area contributed by atoms with Gasteiger partial charge in [0.2, 0.25) is 0 Å². The first-order valence-corrected chi connectivity index (χ1v) is 7.46. The Kier molecular flexibility index (Phi) is 2.82. The molecule has 0 atom stereocenters. The van der Waals surface area contributed by atoms with Crippen LogP contribution in [0.5, 0.6) is 0 Å². The van der Waals surface area contributed by atoms with Gasteiger partial charge in [-0.15, -0.1) is 11.3 Å². The average molecular weight is 294 g/mol. The fourth-order valence-electron chi connectivity index (χ4n) is 2.34. The van der Waals surface area contributed by atoms with Crippen molar-refractivity contribution < 1.29 is 4.39 Å². The predicted octanol–water partition coefficient (Wildman–Crippen LogP) is 4.87. The van der Waals surface area contributed by atoms with Crippen LogP contribution in [-0.4, -0.2) is 9.38 Å². The SMILES string of the molecule is Fc1ccc(-c2cn3cc(-c4cccs4)ccc3n2)cc1. The molecule has 0 saturated carbocycles. The van der Waals surface area contributed by atoms with Crippen LogP contribution in [0.1, 0.15) is 0 Å². The van der Waals surface area contributed by atoms with E-state index in [0.29, 0.717) is 0 Å². The molecule has 3 heterocycles. The van der Waals surface area contributed by atoms with Gasteiger partial charge < -0.3 is 4.40 Å². The second kappa shape index (κ2) is 4.82. The maximum Gasteiger partial charge on any atom is 0.137 e. The first-order valence-electron chi connectivity index (χ1n) is 6.58. The number of imidazole rings is 1. The molecule has 0 aliphatic carbocycles. The second-order valence-corrected chi connectivity index (χ2v) is 5.74. The van der Waals surface area contributed by atoms with E-state index in [-0.39, 0.29) is 5.82 Å². The molecule has 0 radical (unpaired) electrons. The number of benzene rings is 1. The largest absolute Gasteiger partial charge is 0.306 e. The van der Waals surface area contributed by atoms with E-state index in [1.807, 2.05) is 22.7 Å². The lowest BCUT2D eigenvalue weighted by Crippen LogP contribution is -1.83. The highest BCUT2D eigenvalue weighted by Crippen LogP contribution is 2.26. The van der Waals surface area contributed by atoms with E-state index in [4.69, 9.17) is 0 Å². The summed E-state index contributed by atoms with van der Waals surface area (Å²) in [6.45, 7) is 0. The van der Waals surface area contributed by atoms with Crippen molar-refractivity contribution in [2.75, 3.05) is 0 Å². The summed E-state index contributed by atoms with van der Waals surface area (Å²) in [5.41, 5.74) is 3.81. The third-order valence-electron chi connectivity index (χ3n) is 3.40. The van der Waals surface area contributed by atoms with E-state index < -0.39 is 0 Å². The van der Waals surface area contributed by atoms with Crippen LogP contribution in [0.2, 0.25) is 0 Å². The summed E-state index contributed by atoms with van der Waals surface area (Å²) in [6, 6.07) is 14.6. The van der Waals surface area contributed by atoms with E-state index >= 15 is 0 Å². The number of thiophene rings is 1. The minimum atomic E-state index is -0.234. The van der Waals surface area contributed by atoms with Crippen molar-refractivity contribution in [3.63, 3.8) is 0 Å². The Hall–Kier alpha value is -2.46. The fourth-order valence-corrected chi connectivity index (χ4v) is 3.06. The number of nitrogens with zero attached hydrogens (tertiary/aromatic N) is 2. The number of hydrogen-bond donors (Lipinski definition) is 0. The Morgan fingerprint density at radius 2 is 1.71 bits per heavy atom. The Morgan fingerprint density at radius 1 is 0.905 bits per heavy atom. The van der Waals surface area contributed by atoms with Crippen LogP contribution in [0, 0.1) is 5.82 Å². The molecule has 0 bridgehead atoms. The lowest BCUT2D eigenvalue weighted by Gasteiger charge is -1.98. The Morgan fingerprint density at radius 3 is 2.48 bits per heavy atom. The number of rotatable bonds is 2. The predicted molar refractivity (Wildman–Crippen MR) is 83.9 cm³/mol. The molecular formula is C17H11FN2S. The summed E-state index contributed by atoms with van der Waals surface area (Å²) in [4.78, 5) is 5.81. The molecule has 4 heteroatoms. The van der Waals surface area contributed by atoms with E-state index in [1.165, 1.54) is 22.6 Å². The molecule has 2 nitrogen and oxygen atoms in total. The molecule has 0 N–H and O–H groups in total. The smallest absolute Gasteiger partial charge is 0.137 e. The maximum absolute atomic E-state index is 13.0. The van der Waals surface area contributed by atoms with Crippen LogP contribution in [0.4, 0.5) is 4.39 Å². The van der Waals surface area contributed by atoms with Crippen molar-refractivity contribution in [2.24, 2.45) is 0 Å². The van der Waals surface area contributed by atoms with E-state index in [2.05, 4.69) is 28.7 Å². The van der Waals surface area contributed by atoms with E-state index in [1.54, 1.807) is 23.5 Å². The minimum Gasteiger partial charge on any atom is -0.306 e. The maximum atomic E-state index is 13.0. The number of pyridine rings is 1. The van der Waals surface area contributed by atoms with Gasteiger partial charge in [0.1, 0.15) is 11.5 Å². The van der Waals surface area contributed by atoms with Crippen molar-refractivity contribution in [1.29, 1.82) is 0 Å². The number of hydrogen-bond acceptors (Lipinski definition) is 2. The van der Waals surface area contributed by atoms with Crippen molar-refractivity contribution >= 4 is 17.0 Å². The number of fused-ring (bicyclic) bond motifs is 1. The Labute approximate surface area is 125 Å². The molecule has 0 amide bonds. The number of aromatic nitrogens is 2. The van der Waals surface area contributed by atoms with Crippen LogP contribution in [-0.2, 0) is 0 Å². The minimum absolute atomic E-state index is 0.234. The molecule has 102 valence electrons. The van der Waals surface area contributed by atoms with Gasteiger partial charge in [-0.3, -0.25) is 0 Å². The highest BCUT2D eigenvalue weighted by Gasteiger charge is 2.06. The van der Waals surface area contributed by atoms with Crippen LogP contribution in [0.25, 0.3) is 27.3 Å². The van der Waals surface area contributed by atoms with Gasteiger partial charge >= 0.3 is 0 Å². The molecule has 1 aromatic carbocycles. The van der Waals surface area contributed by atoms with Crippen LogP contribution >= 0.6 is 11.3 Å². The van der Waals surface area contributed by atoms with Crippen LogP contribution in [0.15, 0.2) is 66.3 Å². The highest BCUT2D eigenvalue weighted by molar-refractivity contribution is 7.13. The summed E-state index contributed by atoms with van der Waals surface area (Å²) in [5, 5.41) is 2.07. The first kappa shape index (κ1) is 12.3. The topological polar surface area (TPSA) is 17.3 Å². The molecule has 0 fully saturated rings. The summed E-state index contributed by atoms with van der Waals surface area (Å²) in [6.07, 6.45) is 4.04.